The molecule has 21 heavy (non-hydrogen) atoms. The Balaban J connectivity index is 1.53. The van der Waals surface area contributed by atoms with E-state index in [0.29, 0.717) is 12.3 Å². The average Bonchev–Trinajstić information content (AvgIpc) is 2.51. The van der Waals surface area contributed by atoms with Crippen LogP contribution in [0.1, 0.15) is 51.0 Å². The Hall–Kier alpha value is -1.15. The van der Waals surface area contributed by atoms with E-state index in [-0.39, 0.29) is 18.0 Å². The molecule has 0 aromatic heterocycles. The monoisotopic (exact) mass is 286 g/mol. The van der Waals surface area contributed by atoms with Crippen LogP contribution in [0.4, 0.5) is 0 Å². The Kier molecular flexibility index (Phi) is 4.44. The van der Waals surface area contributed by atoms with Crippen molar-refractivity contribution in [2.45, 2.75) is 57.5 Å². The summed E-state index contributed by atoms with van der Waals surface area (Å²) in [5.74, 6) is 1.77. The molecule has 0 heterocycles. The fraction of sp³-hybridized carbons (Fsp3) is 0.632. The third-order valence-corrected chi connectivity index (χ3v) is 5.50. The third kappa shape index (κ3) is 3.55. The van der Waals surface area contributed by atoms with Crippen molar-refractivity contribution in [3.8, 4) is 0 Å². The summed E-state index contributed by atoms with van der Waals surface area (Å²) in [6.45, 7) is 2.50. The molecular formula is C19H26O2. The Morgan fingerprint density at radius 2 is 2.05 bits per heavy atom. The molecule has 2 nitrogen and oxygen atoms in total. The molecule has 2 bridgehead atoms. The standard InChI is InChI=1S/C19H26O2/c1-19(11-10-16-8-5-9-17(19)12-16)21-14-18(20)13-15-6-3-2-4-7-15/h2-4,6-7,16-17H,5,8-14H2,1H3/t16-,17-,19+/m0/s1. The number of benzene rings is 1. The first-order valence-electron chi connectivity index (χ1n) is 8.35. The molecule has 3 rings (SSSR count). The van der Waals surface area contributed by atoms with Gasteiger partial charge in [0.25, 0.3) is 0 Å². The molecule has 1 aromatic rings. The van der Waals surface area contributed by atoms with Crippen LogP contribution in [0.25, 0.3) is 0 Å². The highest BCUT2D eigenvalue weighted by atomic mass is 16.5. The molecule has 0 radical (unpaired) electrons. The quantitative estimate of drug-likeness (QED) is 0.812. The van der Waals surface area contributed by atoms with Crippen LogP contribution in [0.3, 0.4) is 0 Å². The van der Waals surface area contributed by atoms with Crippen molar-refractivity contribution in [3.05, 3.63) is 35.9 Å². The Labute approximate surface area is 127 Å². The summed E-state index contributed by atoms with van der Waals surface area (Å²) in [5.41, 5.74) is 1.01. The van der Waals surface area contributed by atoms with Gasteiger partial charge in [-0.05, 0) is 50.0 Å². The highest BCUT2D eigenvalue weighted by Gasteiger charge is 2.42. The molecular weight excluding hydrogens is 260 g/mol. The number of fused-ring (bicyclic) bond motifs is 2. The summed E-state index contributed by atoms with van der Waals surface area (Å²) in [6, 6.07) is 9.95. The molecule has 0 N–H and O–H groups in total. The van der Waals surface area contributed by atoms with Gasteiger partial charge in [-0.25, -0.2) is 0 Å². The molecule has 3 atom stereocenters. The maximum atomic E-state index is 12.1. The number of carbonyl (C=O) groups is 1. The van der Waals surface area contributed by atoms with Crippen LogP contribution in [-0.4, -0.2) is 18.0 Å². The number of hydrogen-bond donors (Lipinski definition) is 0. The normalized spacial score (nSPS) is 31.9. The van der Waals surface area contributed by atoms with E-state index in [1.807, 2.05) is 30.3 Å². The third-order valence-electron chi connectivity index (χ3n) is 5.50. The van der Waals surface area contributed by atoms with E-state index in [4.69, 9.17) is 4.74 Å². The van der Waals surface area contributed by atoms with Gasteiger partial charge in [0.05, 0.1) is 5.60 Å². The molecule has 0 unspecified atom stereocenters. The summed E-state index contributed by atoms with van der Waals surface area (Å²) in [4.78, 5) is 12.1. The van der Waals surface area contributed by atoms with Crippen LogP contribution in [0.5, 0.6) is 0 Å². The van der Waals surface area contributed by atoms with Gasteiger partial charge in [-0.3, -0.25) is 4.79 Å². The lowest BCUT2D eigenvalue weighted by Gasteiger charge is -2.47. The van der Waals surface area contributed by atoms with Crippen LogP contribution in [0.15, 0.2) is 30.3 Å². The summed E-state index contributed by atoms with van der Waals surface area (Å²) < 4.78 is 6.14. The van der Waals surface area contributed by atoms with Gasteiger partial charge < -0.3 is 4.74 Å². The van der Waals surface area contributed by atoms with E-state index in [1.165, 1.54) is 32.1 Å². The summed E-state index contributed by atoms with van der Waals surface area (Å²) in [6.07, 6.45) is 8.22. The number of ether oxygens (including phenoxy) is 1. The summed E-state index contributed by atoms with van der Waals surface area (Å²) in [7, 11) is 0. The SMILES string of the molecule is C[C@@]1(OCC(=O)Cc2ccccc2)CC[C@@H]2CCC[C@H]1C2. The minimum Gasteiger partial charge on any atom is -0.367 e. The number of hydrogen-bond acceptors (Lipinski definition) is 2. The second-order valence-corrected chi connectivity index (χ2v) is 7.07. The van der Waals surface area contributed by atoms with E-state index in [0.717, 1.165) is 17.9 Å². The first-order chi connectivity index (χ1) is 10.2. The van der Waals surface area contributed by atoms with Crippen molar-refractivity contribution in [1.82, 2.24) is 0 Å². The lowest BCUT2D eigenvalue weighted by Crippen LogP contribution is -2.45. The van der Waals surface area contributed by atoms with E-state index in [9.17, 15) is 4.79 Å². The molecule has 2 saturated carbocycles. The van der Waals surface area contributed by atoms with Gasteiger partial charge in [-0.1, -0.05) is 43.2 Å². The second kappa shape index (κ2) is 6.31. The van der Waals surface area contributed by atoms with E-state index < -0.39 is 0 Å². The highest BCUT2D eigenvalue weighted by Crippen LogP contribution is 2.46. The van der Waals surface area contributed by atoms with Crippen LogP contribution in [0, 0.1) is 11.8 Å². The van der Waals surface area contributed by atoms with Crippen molar-refractivity contribution in [1.29, 1.82) is 0 Å². The lowest BCUT2D eigenvalue weighted by atomic mass is 9.65. The molecule has 2 fully saturated rings. The zero-order chi connectivity index (χ0) is 14.7. The first-order valence-corrected chi connectivity index (χ1v) is 8.35. The number of ketones is 1. The van der Waals surface area contributed by atoms with E-state index in [1.54, 1.807) is 0 Å². The smallest absolute Gasteiger partial charge is 0.162 e. The van der Waals surface area contributed by atoms with Crippen molar-refractivity contribution in [2.24, 2.45) is 11.8 Å². The minimum atomic E-state index is -0.0662. The summed E-state index contributed by atoms with van der Waals surface area (Å²) in [5, 5.41) is 0. The molecule has 2 aliphatic carbocycles. The first kappa shape index (κ1) is 14.8. The number of rotatable bonds is 5. The Morgan fingerprint density at radius 1 is 1.24 bits per heavy atom. The predicted octanol–water partition coefficient (Wildman–Crippen LogP) is 4.17. The maximum Gasteiger partial charge on any atom is 0.162 e. The Morgan fingerprint density at radius 3 is 2.86 bits per heavy atom. The fourth-order valence-electron chi connectivity index (χ4n) is 4.11. The predicted molar refractivity (Wildman–Crippen MR) is 84.2 cm³/mol. The van der Waals surface area contributed by atoms with Gasteiger partial charge in [0.15, 0.2) is 5.78 Å². The molecule has 2 aliphatic rings. The van der Waals surface area contributed by atoms with E-state index >= 15 is 0 Å². The molecule has 1 aromatic carbocycles. The average molecular weight is 286 g/mol. The van der Waals surface area contributed by atoms with Crippen molar-refractivity contribution >= 4 is 5.78 Å². The van der Waals surface area contributed by atoms with Crippen molar-refractivity contribution in [3.63, 3.8) is 0 Å². The van der Waals surface area contributed by atoms with Crippen molar-refractivity contribution in [2.75, 3.05) is 6.61 Å². The zero-order valence-electron chi connectivity index (χ0n) is 13.0. The van der Waals surface area contributed by atoms with Crippen molar-refractivity contribution < 1.29 is 9.53 Å². The fourth-order valence-corrected chi connectivity index (χ4v) is 4.11. The molecule has 2 heteroatoms. The Bertz CT molecular complexity index is 482. The van der Waals surface area contributed by atoms with Gasteiger partial charge in [0, 0.05) is 6.42 Å². The summed E-state index contributed by atoms with van der Waals surface area (Å²) >= 11 is 0. The molecule has 0 amide bonds. The van der Waals surface area contributed by atoms with Crippen LogP contribution >= 0.6 is 0 Å². The molecule has 0 aliphatic heterocycles. The van der Waals surface area contributed by atoms with Gasteiger partial charge in [-0.15, -0.1) is 0 Å². The van der Waals surface area contributed by atoms with Crippen LogP contribution < -0.4 is 0 Å². The molecule has 0 saturated heterocycles. The van der Waals surface area contributed by atoms with Gasteiger partial charge in [0.1, 0.15) is 6.61 Å². The molecule has 114 valence electrons. The lowest BCUT2D eigenvalue weighted by molar-refractivity contribution is -0.144. The topological polar surface area (TPSA) is 26.3 Å². The minimum absolute atomic E-state index is 0.0662. The maximum absolute atomic E-state index is 12.1. The largest absolute Gasteiger partial charge is 0.367 e. The van der Waals surface area contributed by atoms with Gasteiger partial charge in [0.2, 0.25) is 0 Å². The van der Waals surface area contributed by atoms with Gasteiger partial charge >= 0.3 is 0 Å². The number of carbonyl (C=O) groups excluding carboxylic acids is 1. The van der Waals surface area contributed by atoms with Crippen LogP contribution in [0.2, 0.25) is 0 Å². The van der Waals surface area contributed by atoms with Gasteiger partial charge in [-0.2, -0.15) is 0 Å². The van der Waals surface area contributed by atoms with Crippen LogP contribution in [-0.2, 0) is 16.0 Å². The zero-order valence-corrected chi connectivity index (χ0v) is 13.0. The number of Topliss-reactive ketones (excluding diaryl/α,β-unsaturated/α-hetero) is 1. The highest BCUT2D eigenvalue weighted by molar-refractivity contribution is 5.82. The molecule has 0 spiro atoms. The van der Waals surface area contributed by atoms with E-state index in [2.05, 4.69) is 6.92 Å². The second-order valence-electron chi connectivity index (χ2n) is 7.07.